The second-order valence-corrected chi connectivity index (χ2v) is 5.05. The smallest absolute Gasteiger partial charge is 0.387 e. The summed E-state index contributed by atoms with van der Waals surface area (Å²) >= 11 is 0. The zero-order chi connectivity index (χ0) is 14.3. The van der Waals surface area contributed by atoms with Crippen molar-refractivity contribution in [3.63, 3.8) is 0 Å². The van der Waals surface area contributed by atoms with E-state index in [-0.39, 0.29) is 5.75 Å². The number of alkyl halides is 2. The quantitative estimate of drug-likeness (QED) is 0.765. The molecule has 19 heavy (non-hydrogen) atoms. The van der Waals surface area contributed by atoms with Gasteiger partial charge in [0, 0.05) is 12.6 Å². The first kappa shape index (κ1) is 15.9. The summed E-state index contributed by atoms with van der Waals surface area (Å²) in [6.07, 6.45) is 2.33. The number of hydrogen-bond donors (Lipinski definition) is 1. The van der Waals surface area contributed by atoms with E-state index < -0.39 is 6.61 Å². The van der Waals surface area contributed by atoms with Crippen molar-refractivity contribution in [3.8, 4) is 5.75 Å². The lowest BCUT2D eigenvalue weighted by Crippen LogP contribution is -2.27. The molecule has 1 aromatic carbocycles. The van der Waals surface area contributed by atoms with E-state index in [1.54, 1.807) is 24.3 Å². The Morgan fingerprint density at radius 2 is 1.79 bits per heavy atom. The lowest BCUT2D eigenvalue weighted by molar-refractivity contribution is -0.0498. The van der Waals surface area contributed by atoms with E-state index in [9.17, 15) is 8.78 Å². The molecule has 2 nitrogen and oxygen atoms in total. The van der Waals surface area contributed by atoms with Crippen LogP contribution in [0, 0.1) is 5.92 Å². The van der Waals surface area contributed by atoms with Gasteiger partial charge in [-0.1, -0.05) is 32.4 Å². The van der Waals surface area contributed by atoms with Gasteiger partial charge < -0.3 is 10.1 Å². The molecule has 108 valence electrons. The highest BCUT2D eigenvalue weighted by atomic mass is 19.3. The van der Waals surface area contributed by atoms with Crippen molar-refractivity contribution < 1.29 is 13.5 Å². The summed E-state index contributed by atoms with van der Waals surface area (Å²) in [6.45, 7) is 4.58. The Balaban J connectivity index is 2.37. The van der Waals surface area contributed by atoms with Gasteiger partial charge in [0.25, 0.3) is 0 Å². The lowest BCUT2D eigenvalue weighted by atomic mass is 10.0. The van der Waals surface area contributed by atoms with Crippen molar-refractivity contribution in [2.45, 2.75) is 52.8 Å². The summed E-state index contributed by atoms with van der Waals surface area (Å²) in [5.74, 6) is 0.913. The predicted octanol–water partition coefficient (Wildman–Crippen LogP) is 4.20. The molecule has 0 spiro atoms. The van der Waals surface area contributed by atoms with E-state index in [1.165, 1.54) is 6.42 Å². The Morgan fingerprint density at radius 3 is 2.32 bits per heavy atom. The fourth-order valence-electron chi connectivity index (χ4n) is 1.93. The molecule has 2 atom stereocenters. The minimum Gasteiger partial charge on any atom is -0.435 e. The highest BCUT2D eigenvalue weighted by Gasteiger charge is 2.07. The Hall–Kier alpha value is -1.16. The molecule has 0 saturated heterocycles. The minimum atomic E-state index is -2.76. The lowest BCUT2D eigenvalue weighted by Gasteiger charge is -2.17. The molecule has 0 amide bonds. The van der Waals surface area contributed by atoms with Gasteiger partial charge in [0.15, 0.2) is 0 Å². The van der Waals surface area contributed by atoms with Crippen LogP contribution < -0.4 is 10.1 Å². The van der Waals surface area contributed by atoms with Gasteiger partial charge in [-0.2, -0.15) is 8.78 Å². The summed E-state index contributed by atoms with van der Waals surface area (Å²) in [6, 6.07) is 7.21. The molecule has 0 aromatic heterocycles. The molecular weight excluding hydrogens is 248 g/mol. The second-order valence-electron chi connectivity index (χ2n) is 5.05. The van der Waals surface area contributed by atoms with E-state index in [2.05, 4.69) is 30.8 Å². The van der Waals surface area contributed by atoms with Crippen LogP contribution in [0.2, 0.25) is 0 Å². The Kier molecular flexibility index (Phi) is 6.78. The number of ether oxygens (including phenoxy) is 1. The van der Waals surface area contributed by atoms with Crippen molar-refractivity contribution in [1.82, 2.24) is 5.32 Å². The molecule has 0 bridgehead atoms. The number of benzene rings is 1. The van der Waals surface area contributed by atoms with Crippen LogP contribution in [0.25, 0.3) is 0 Å². The second kappa shape index (κ2) is 8.10. The summed E-state index contributed by atoms with van der Waals surface area (Å²) in [4.78, 5) is 0. The van der Waals surface area contributed by atoms with Crippen LogP contribution in [0.3, 0.4) is 0 Å². The molecule has 4 heteroatoms. The van der Waals surface area contributed by atoms with E-state index in [4.69, 9.17) is 0 Å². The van der Waals surface area contributed by atoms with E-state index in [0.29, 0.717) is 12.0 Å². The average Bonchev–Trinajstić information content (AvgIpc) is 2.37. The molecule has 0 aliphatic carbocycles. The van der Waals surface area contributed by atoms with Crippen molar-refractivity contribution >= 4 is 0 Å². The number of hydrogen-bond acceptors (Lipinski definition) is 2. The SMILES string of the molecule is CCC(C)CC(C)NCc1ccc(OC(F)F)cc1. The maximum absolute atomic E-state index is 12.0. The fraction of sp³-hybridized carbons (Fsp3) is 0.600. The van der Waals surface area contributed by atoms with Gasteiger partial charge in [0.05, 0.1) is 0 Å². The van der Waals surface area contributed by atoms with Gasteiger partial charge in [-0.05, 0) is 37.0 Å². The van der Waals surface area contributed by atoms with Gasteiger partial charge in [0.1, 0.15) is 5.75 Å². The Labute approximate surface area is 114 Å². The van der Waals surface area contributed by atoms with Crippen molar-refractivity contribution in [2.24, 2.45) is 5.92 Å². The fourth-order valence-corrected chi connectivity index (χ4v) is 1.93. The molecular formula is C15H23F2NO. The van der Waals surface area contributed by atoms with Crippen molar-refractivity contribution in [2.75, 3.05) is 0 Å². The van der Waals surface area contributed by atoms with Gasteiger partial charge in [-0.25, -0.2) is 0 Å². The molecule has 0 aliphatic heterocycles. The molecule has 0 heterocycles. The van der Waals surface area contributed by atoms with Crippen LogP contribution in [0.1, 0.15) is 39.2 Å². The average molecular weight is 271 g/mol. The van der Waals surface area contributed by atoms with E-state index in [1.807, 2.05) is 0 Å². The maximum Gasteiger partial charge on any atom is 0.387 e. The number of halogens is 2. The molecule has 1 rings (SSSR count). The largest absolute Gasteiger partial charge is 0.435 e. The molecule has 2 unspecified atom stereocenters. The summed E-state index contributed by atoms with van der Waals surface area (Å²) in [5, 5.41) is 3.44. The first-order chi connectivity index (χ1) is 9.01. The molecule has 1 N–H and O–H groups in total. The molecule has 0 radical (unpaired) electrons. The van der Waals surface area contributed by atoms with Crippen LogP contribution in [-0.2, 0) is 6.54 Å². The van der Waals surface area contributed by atoms with Crippen molar-refractivity contribution in [1.29, 1.82) is 0 Å². The Bertz CT molecular complexity index is 354. The highest BCUT2D eigenvalue weighted by molar-refractivity contribution is 5.27. The third kappa shape index (κ3) is 6.53. The molecule has 1 aromatic rings. The van der Waals surface area contributed by atoms with Gasteiger partial charge in [-0.3, -0.25) is 0 Å². The predicted molar refractivity (Wildman–Crippen MR) is 73.4 cm³/mol. The van der Waals surface area contributed by atoms with Crippen LogP contribution in [0.5, 0.6) is 5.75 Å². The maximum atomic E-state index is 12.0. The van der Waals surface area contributed by atoms with Gasteiger partial charge in [-0.15, -0.1) is 0 Å². The standard InChI is InChI=1S/C15H23F2NO/c1-4-11(2)9-12(3)18-10-13-5-7-14(8-6-13)19-15(16)17/h5-8,11-12,15,18H,4,9-10H2,1-3H3. The monoisotopic (exact) mass is 271 g/mol. The molecule has 0 aliphatic rings. The zero-order valence-electron chi connectivity index (χ0n) is 11.8. The van der Waals surface area contributed by atoms with Crippen LogP contribution in [-0.4, -0.2) is 12.7 Å². The molecule has 0 saturated carbocycles. The number of rotatable bonds is 8. The highest BCUT2D eigenvalue weighted by Crippen LogP contribution is 2.15. The topological polar surface area (TPSA) is 21.3 Å². The summed E-state index contributed by atoms with van der Waals surface area (Å²) in [5.41, 5.74) is 1.07. The van der Waals surface area contributed by atoms with Crippen LogP contribution in [0.15, 0.2) is 24.3 Å². The number of nitrogens with one attached hydrogen (secondary N) is 1. The molecule has 0 fully saturated rings. The van der Waals surface area contributed by atoms with Crippen LogP contribution >= 0.6 is 0 Å². The van der Waals surface area contributed by atoms with Crippen molar-refractivity contribution in [3.05, 3.63) is 29.8 Å². The third-order valence-electron chi connectivity index (χ3n) is 3.26. The first-order valence-corrected chi connectivity index (χ1v) is 6.78. The zero-order valence-corrected chi connectivity index (χ0v) is 11.8. The van der Waals surface area contributed by atoms with Crippen LogP contribution in [0.4, 0.5) is 8.78 Å². The Morgan fingerprint density at radius 1 is 1.16 bits per heavy atom. The summed E-state index contributed by atoms with van der Waals surface area (Å²) in [7, 11) is 0. The third-order valence-corrected chi connectivity index (χ3v) is 3.26. The van der Waals surface area contributed by atoms with E-state index in [0.717, 1.165) is 18.5 Å². The van der Waals surface area contributed by atoms with E-state index >= 15 is 0 Å². The normalized spacial score (nSPS) is 14.4. The van der Waals surface area contributed by atoms with Gasteiger partial charge >= 0.3 is 6.61 Å². The minimum absolute atomic E-state index is 0.200. The van der Waals surface area contributed by atoms with Gasteiger partial charge in [0.2, 0.25) is 0 Å². The summed E-state index contributed by atoms with van der Waals surface area (Å²) < 4.78 is 28.3. The first-order valence-electron chi connectivity index (χ1n) is 6.78.